The number of hydrogen-bond donors (Lipinski definition) is 0. The average molecular weight is 532 g/mol. The van der Waals surface area contributed by atoms with E-state index < -0.39 is 11.4 Å². The molecule has 1 heterocycles. The molecule has 0 unspecified atom stereocenters. The minimum absolute atomic E-state index is 0.412. The zero-order valence-corrected chi connectivity index (χ0v) is 24.4. The van der Waals surface area contributed by atoms with Crippen molar-refractivity contribution in [2.75, 3.05) is 0 Å². The Morgan fingerprint density at radius 2 is 1.44 bits per heavy atom. The molecular weight excluding hydrogens is 482 g/mol. The number of unbranched alkanes of at least 4 members (excludes halogenated alkanes) is 10. The highest BCUT2D eigenvalue weighted by Gasteiger charge is 2.43. The van der Waals surface area contributed by atoms with E-state index in [1.54, 1.807) is 12.1 Å². The van der Waals surface area contributed by atoms with Gasteiger partial charge >= 0.3 is 5.97 Å². The molecule has 0 atom stereocenters. The number of carbonyl (C=O) groups excluding carboxylic acids is 1. The number of ether oxygens (including phenoxy) is 1. The van der Waals surface area contributed by atoms with E-state index in [2.05, 4.69) is 29.9 Å². The van der Waals surface area contributed by atoms with E-state index in [4.69, 9.17) is 4.74 Å². The van der Waals surface area contributed by atoms with Crippen LogP contribution in [0.25, 0.3) is 11.4 Å². The van der Waals surface area contributed by atoms with Gasteiger partial charge in [-0.05, 0) is 74.3 Å². The molecule has 0 spiro atoms. The third kappa shape index (κ3) is 10.1. The van der Waals surface area contributed by atoms with Crippen LogP contribution in [-0.4, -0.2) is 15.9 Å². The topological polar surface area (TPSA) is 75.9 Å². The highest BCUT2D eigenvalue weighted by molar-refractivity contribution is 5.82. The molecule has 1 aromatic heterocycles. The Bertz CT molecular complexity index is 1000. The SMILES string of the molecule is CCCCCCCCCc1cnc(-c2ccc(OC(=O)C3(C#N)CCC(CCCCCCC)CC3)cc2)nc1. The van der Waals surface area contributed by atoms with Crippen molar-refractivity contribution in [2.24, 2.45) is 11.3 Å². The monoisotopic (exact) mass is 531 g/mol. The quantitative estimate of drug-likeness (QED) is 0.115. The van der Waals surface area contributed by atoms with Gasteiger partial charge < -0.3 is 4.74 Å². The molecule has 1 aromatic carbocycles. The van der Waals surface area contributed by atoms with Gasteiger partial charge in [0.25, 0.3) is 0 Å². The van der Waals surface area contributed by atoms with Crippen molar-refractivity contribution < 1.29 is 9.53 Å². The van der Waals surface area contributed by atoms with Gasteiger partial charge in [0.15, 0.2) is 11.2 Å². The second-order valence-corrected chi connectivity index (χ2v) is 11.5. The molecule has 1 saturated carbocycles. The maximum atomic E-state index is 13.1. The van der Waals surface area contributed by atoms with E-state index in [-0.39, 0.29) is 0 Å². The van der Waals surface area contributed by atoms with E-state index in [0.29, 0.717) is 30.3 Å². The summed E-state index contributed by atoms with van der Waals surface area (Å²) in [6.07, 6.45) is 24.6. The summed E-state index contributed by atoms with van der Waals surface area (Å²) in [5, 5.41) is 9.91. The molecule has 5 nitrogen and oxygen atoms in total. The Hall–Kier alpha value is -2.74. The molecular formula is C34H49N3O2. The zero-order chi connectivity index (χ0) is 27.8. The largest absolute Gasteiger partial charge is 0.425 e. The lowest BCUT2D eigenvalue weighted by Crippen LogP contribution is -2.37. The molecule has 39 heavy (non-hydrogen) atoms. The maximum Gasteiger partial charge on any atom is 0.331 e. The molecule has 0 aliphatic heterocycles. The lowest BCUT2D eigenvalue weighted by Gasteiger charge is -2.33. The van der Waals surface area contributed by atoms with Crippen molar-refractivity contribution in [1.82, 2.24) is 9.97 Å². The van der Waals surface area contributed by atoms with Crippen molar-refractivity contribution in [3.8, 4) is 23.2 Å². The zero-order valence-electron chi connectivity index (χ0n) is 24.4. The normalized spacial score (nSPS) is 18.9. The Morgan fingerprint density at radius 3 is 2.03 bits per heavy atom. The fourth-order valence-electron chi connectivity index (χ4n) is 5.65. The average Bonchev–Trinajstić information content (AvgIpc) is 2.98. The molecule has 1 aliphatic rings. The minimum Gasteiger partial charge on any atom is -0.425 e. The molecule has 0 saturated heterocycles. The standard InChI is InChI=1S/C34H49N3O2/c1-3-5-7-9-10-12-14-16-29-25-36-32(37-26-29)30-17-19-31(20-18-30)39-33(38)34(27-35)23-21-28(22-24-34)15-13-11-8-6-4-2/h17-20,25-26,28H,3-16,21-24H2,1-2H3. The first kappa shape index (κ1) is 30.8. The van der Waals surface area contributed by atoms with Crippen LogP contribution < -0.4 is 4.74 Å². The number of carbonyl (C=O) groups is 1. The van der Waals surface area contributed by atoms with Crippen LogP contribution >= 0.6 is 0 Å². The van der Waals surface area contributed by atoms with Crippen molar-refractivity contribution in [3.05, 3.63) is 42.2 Å². The summed E-state index contributed by atoms with van der Waals surface area (Å²) >= 11 is 0. The van der Waals surface area contributed by atoms with Crippen LogP contribution in [-0.2, 0) is 11.2 Å². The molecule has 1 fully saturated rings. The van der Waals surface area contributed by atoms with Crippen LogP contribution in [0.5, 0.6) is 5.75 Å². The first-order valence-corrected chi connectivity index (χ1v) is 15.6. The van der Waals surface area contributed by atoms with E-state index in [1.807, 2.05) is 24.5 Å². The highest BCUT2D eigenvalue weighted by atomic mass is 16.5. The van der Waals surface area contributed by atoms with Crippen LogP contribution in [0.15, 0.2) is 36.7 Å². The summed E-state index contributed by atoms with van der Waals surface area (Å²) < 4.78 is 5.70. The molecule has 0 amide bonds. The Kier molecular flexibility index (Phi) is 13.5. The summed E-state index contributed by atoms with van der Waals surface area (Å²) in [6, 6.07) is 9.62. The third-order valence-electron chi connectivity index (χ3n) is 8.38. The fraction of sp³-hybridized carbons (Fsp3) is 0.647. The molecule has 0 radical (unpaired) electrons. The number of rotatable bonds is 17. The summed E-state index contributed by atoms with van der Waals surface area (Å²) in [5.41, 5.74) is 1.03. The number of benzene rings is 1. The fourth-order valence-corrected chi connectivity index (χ4v) is 5.65. The lowest BCUT2D eigenvalue weighted by molar-refractivity contribution is -0.144. The molecule has 3 rings (SSSR count). The second-order valence-electron chi connectivity index (χ2n) is 11.5. The van der Waals surface area contributed by atoms with Gasteiger partial charge in [-0.3, -0.25) is 0 Å². The lowest BCUT2D eigenvalue weighted by atomic mass is 9.70. The van der Waals surface area contributed by atoms with Crippen LogP contribution in [0.4, 0.5) is 0 Å². The number of esters is 1. The molecule has 2 aromatic rings. The molecule has 212 valence electrons. The molecule has 1 aliphatic carbocycles. The molecule has 0 N–H and O–H groups in total. The molecule has 0 bridgehead atoms. The van der Waals surface area contributed by atoms with Gasteiger partial charge in [0.1, 0.15) is 5.75 Å². The van der Waals surface area contributed by atoms with Crippen LogP contribution in [0.2, 0.25) is 0 Å². The van der Waals surface area contributed by atoms with Crippen molar-refractivity contribution in [1.29, 1.82) is 5.26 Å². The van der Waals surface area contributed by atoms with Crippen LogP contribution in [0, 0.1) is 22.7 Å². The summed E-state index contributed by atoms with van der Waals surface area (Å²) in [4.78, 5) is 22.2. The van der Waals surface area contributed by atoms with Crippen molar-refractivity contribution in [2.45, 2.75) is 129 Å². The van der Waals surface area contributed by atoms with Crippen molar-refractivity contribution in [3.63, 3.8) is 0 Å². The number of hydrogen-bond acceptors (Lipinski definition) is 5. The Labute approximate surface area is 236 Å². The predicted octanol–water partition coefficient (Wildman–Crippen LogP) is 9.40. The first-order valence-electron chi connectivity index (χ1n) is 15.6. The van der Waals surface area contributed by atoms with E-state index in [9.17, 15) is 10.1 Å². The smallest absolute Gasteiger partial charge is 0.331 e. The van der Waals surface area contributed by atoms with E-state index >= 15 is 0 Å². The van der Waals surface area contributed by atoms with E-state index in [0.717, 1.165) is 24.8 Å². The first-order chi connectivity index (χ1) is 19.1. The predicted molar refractivity (Wildman–Crippen MR) is 158 cm³/mol. The number of nitriles is 1. The van der Waals surface area contributed by atoms with Gasteiger partial charge in [0.2, 0.25) is 0 Å². The number of aromatic nitrogens is 2. The van der Waals surface area contributed by atoms with Gasteiger partial charge in [-0.2, -0.15) is 5.26 Å². The minimum atomic E-state index is -1.02. The van der Waals surface area contributed by atoms with Gasteiger partial charge in [0, 0.05) is 18.0 Å². The highest BCUT2D eigenvalue weighted by Crippen LogP contribution is 2.41. The van der Waals surface area contributed by atoms with E-state index in [1.165, 1.54) is 89.0 Å². The Morgan fingerprint density at radius 1 is 0.872 bits per heavy atom. The summed E-state index contributed by atoms with van der Waals surface area (Å²) in [6.45, 7) is 4.49. The van der Waals surface area contributed by atoms with Gasteiger partial charge in [-0.15, -0.1) is 0 Å². The van der Waals surface area contributed by atoms with Gasteiger partial charge in [0.05, 0.1) is 6.07 Å². The number of aryl methyl sites for hydroxylation is 1. The molecule has 5 heteroatoms. The van der Waals surface area contributed by atoms with Crippen LogP contribution in [0.1, 0.15) is 129 Å². The third-order valence-corrected chi connectivity index (χ3v) is 8.38. The Balaban J connectivity index is 1.44. The summed E-state index contributed by atoms with van der Waals surface area (Å²) in [5.74, 6) is 1.34. The summed E-state index contributed by atoms with van der Waals surface area (Å²) in [7, 11) is 0. The van der Waals surface area contributed by atoms with Crippen molar-refractivity contribution >= 4 is 5.97 Å². The number of nitrogens with zero attached hydrogens (tertiary/aromatic N) is 3. The van der Waals surface area contributed by atoms with Crippen LogP contribution in [0.3, 0.4) is 0 Å². The van der Waals surface area contributed by atoms with Gasteiger partial charge in [-0.25, -0.2) is 14.8 Å². The van der Waals surface area contributed by atoms with Gasteiger partial charge in [-0.1, -0.05) is 90.9 Å². The second kappa shape index (κ2) is 17.1. The maximum absolute atomic E-state index is 13.1.